The maximum absolute atomic E-state index is 12.7. The second-order valence-electron chi connectivity index (χ2n) is 6.54. The molecule has 0 aliphatic rings. The average molecular weight is 373 g/mol. The minimum absolute atomic E-state index is 0.158. The maximum Gasteiger partial charge on any atom is 0.274 e. The van der Waals surface area contributed by atoms with Crippen LogP contribution < -0.4 is 5.32 Å². The number of carbonyl (C=O) groups is 2. The lowest BCUT2D eigenvalue weighted by atomic mass is 10.1. The highest BCUT2D eigenvalue weighted by Gasteiger charge is 2.16. The number of aryl methyl sites for hydroxylation is 1. The van der Waals surface area contributed by atoms with Crippen LogP contribution in [0.25, 0.3) is 0 Å². The molecule has 0 fully saturated rings. The molecular formula is C23H23N3O2. The molecule has 5 heteroatoms. The van der Waals surface area contributed by atoms with Gasteiger partial charge in [0, 0.05) is 31.0 Å². The van der Waals surface area contributed by atoms with Gasteiger partial charge in [-0.3, -0.25) is 14.6 Å². The second kappa shape index (κ2) is 8.95. The van der Waals surface area contributed by atoms with Crippen molar-refractivity contribution in [2.24, 2.45) is 0 Å². The first-order chi connectivity index (χ1) is 13.6. The van der Waals surface area contributed by atoms with Crippen LogP contribution in [0.3, 0.4) is 0 Å². The Hall–Kier alpha value is -3.47. The molecular weight excluding hydrogens is 350 g/mol. The van der Waals surface area contributed by atoms with E-state index < -0.39 is 0 Å². The van der Waals surface area contributed by atoms with E-state index in [1.807, 2.05) is 61.5 Å². The minimum atomic E-state index is -0.332. The SMILES string of the molecule is CCc1ccccc1NC(=O)c1cc(C(=O)N(C)Cc2ccccc2)ccn1. The van der Waals surface area contributed by atoms with E-state index in [1.54, 1.807) is 18.0 Å². The van der Waals surface area contributed by atoms with Crippen LogP contribution in [-0.4, -0.2) is 28.7 Å². The fourth-order valence-corrected chi connectivity index (χ4v) is 2.97. The predicted molar refractivity (Wildman–Crippen MR) is 110 cm³/mol. The Morgan fingerprint density at radius 3 is 2.46 bits per heavy atom. The van der Waals surface area contributed by atoms with Crippen LogP contribution in [0.4, 0.5) is 5.69 Å². The van der Waals surface area contributed by atoms with Crippen LogP contribution >= 0.6 is 0 Å². The van der Waals surface area contributed by atoms with Gasteiger partial charge in [-0.2, -0.15) is 0 Å². The largest absolute Gasteiger partial charge is 0.337 e. The van der Waals surface area contributed by atoms with E-state index in [-0.39, 0.29) is 17.5 Å². The third-order valence-corrected chi connectivity index (χ3v) is 4.50. The van der Waals surface area contributed by atoms with Crippen molar-refractivity contribution in [3.05, 3.63) is 95.3 Å². The van der Waals surface area contributed by atoms with Crippen molar-refractivity contribution in [3.8, 4) is 0 Å². The van der Waals surface area contributed by atoms with Gasteiger partial charge in [-0.1, -0.05) is 55.5 Å². The molecule has 1 N–H and O–H groups in total. The number of para-hydroxylation sites is 1. The lowest BCUT2D eigenvalue weighted by Crippen LogP contribution is -2.26. The molecule has 0 saturated heterocycles. The number of aromatic nitrogens is 1. The highest BCUT2D eigenvalue weighted by atomic mass is 16.2. The van der Waals surface area contributed by atoms with Crippen LogP contribution in [0.2, 0.25) is 0 Å². The first-order valence-electron chi connectivity index (χ1n) is 9.23. The number of pyridine rings is 1. The number of rotatable bonds is 6. The average Bonchev–Trinajstić information content (AvgIpc) is 2.74. The van der Waals surface area contributed by atoms with Gasteiger partial charge >= 0.3 is 0 Å². The maximum atomic E-state index is 12.7. The summed E-state index contributed by atoms with van der Waals surface area (Å²) < 4.78 is 0. The summed E-state index contributed by atoms with van der Waals surface area (Å²) in [5.74, 6) is -0.490. The number of nitrogens with zero attached hydrogens (tertiary/aromatic N) is 2. The summed E-state index contributed by atoms with van der Waals surface area (Å²) in [6.45, 7) is 2.53. The van der Waals surface area contributed by atoms with Crippen LogP contribution in [0, 0.1) is 0 Å². The van der Waals surface area contributed by atoms with Gasteiger partial charge in [0.2, 0.25) is 0 Å². The van der Waals surface area contributed by atoms with Crippen molar-refractivity contribution in [1.82, 2.24) is 9.88 Å². The van der Waals surface area contributed by atoms with Crippen LogP contribution in [0.5, 0.6) is 0 Å². The summed E-state index contributed by atoms with van der Waals surface area (Å²) in [4.78, 5) is 31.1. The first-order valence-corrected chi connectivity index (χ1v) is 9.23. The van der Waals surface area contributed by atoms with Gasteiger partial charge < -0.3 is 10.2 Å². The smallest absolute Gasteiger partial charge is 0.274 e. The predicted octanol–water partition coefficient (Wildman–Crippen LogP) is 4.17. The van der Waals surface area contributed by atoms with Crippen molar-refractivity contribution in [3.63, 3.8) is 0 Å². The van der Waals surface area contributed by atoms with Gasteiger partial charge in [0.1, 0.15) is 5.69 Å². The van der Waals surface area contributed by atoms with Gasteiger partial charge in [0.05, 0.1) is 0 Å². The zero-order chi connectivity index (χ0) is 19.9. The lowest BCUT2D eigenvalue weighted by molar-refractivity contribution is 0.0785. The molecule has 28 heavy (non-hydrogen) atoms. The van der Waals surface area contributed by atoms with E-state index in [4.69, 9.17) is 0 Å². The molecule has 2 aromatic carbocycles. The highest BCUT2D eigenvalue weighted by molar-refractivity contribution is 6.05. The van der Waals surface area contributed by atoms with E-state index in [2.05, 4.69) is 10.3 Å². The second-order valence-corrected chi connectivity index (χ2v) is 6.54. The fraction of sp³-hybridized carbons (Fsp3) is 0.174. The Morgan fingerprint density at radius 2 is 1.71 bits per heavy atom. The fourth-order valence-electron chi connectivity index (χ4n) is 2.97. The molecule has 0 aliphatic carbocycles. The summed E-state index contributed by atoms with van der Waals surface area (Å²) in [7, 11) is 1.74. The summed E-state index contributed by atoms with van der Waals surface area (Å²) in [5, 5.41) is 2.89. The summed E-state index contributed by atoms with van der Waals surface area (Å²) >= 11 is 0. The lowest BCUT2D eigenvalue weighted by Gasteiger charge is -2.17. The van der Waals surface area contributed by atoms with Gasteiger partial charge in [0.25, 0.3) is 11.8 Å². The normalized spacial score (nSPS) is 10.4. The standard InChI is InChI=1S/C23H23N3O2/c1-3-18-11-7-8-12-20(18)25-22(27)21-15-19(13-14-24-21)23(28)26(2)16-17-9-5-4-6-10-17/h4-15H,3,16H2,1-2H3,(H,25,27). The Kier molecular flexibility index (Phi) is 6.17. The van der Waals surface area contributed by atoms with Crippen molar-refractivity contribution in [2.45, 2.75) is 19.9 Å². The zero-order valence-electron chi connectivity index (χ0n) is 16.1. The Balaban J connectivity index is 1.74. The summed E-state index contributed by atoms with van der Waals surface area (Å²) in [6.07, 6.45) is 2.30. The molecule has 0 spiro atoms. The van der Waals surface area contributed by atoms with E-state index in [9.17, 15) is 9.59 Å². The van der Waals surface area contributed by atoms with Crippen LogP contribution in [0.15, 0.2) is 72.9 Å². The summed E-state index contributed by atoms with van der Waals surface area (Å²) in [5.41, 5.74) is 3.49. The highest BCUT2D eigenvalue weighted by Crippen LogP contribution is 2.17. The van der Waals surface area contributed by atoms with E-state index in [0.29, 0.717) is 12.1 Å². The molecule has 0 saturated carbocycles. The van der Waals surface area contributed by atoms with Gasteiger partial charge in [-0.05, 0) is 35.7 Å². The summed E-state index contributed by atoms with van der Waals surface area (Å²) in [6, 6.07) is 20.6. The van der Waals surface area contributed by atoms with Gasteiger partial charge in [-0.15, -0.1) is 0 Å². The van der Waals surface area contributed by atoms with Crippen molar-refractivity contribution >= 4 is 17.5 Å². The molecule has 0 atom stereocenters. The van der Waals surface area contributed by atoms with Crippen LogP contribution in [-0.2, 0) is 13.0 Å². The number of amides is 2. The molecule has 0 radical (unpaired) electrons. The number of benzene rings is 2. The molecule has 1 aromatic heterocycles. The molecule has 3 rings (SSSR count). The zero-order valence-corrected chi connectivity index (χ0v) is 16.1. The molecule has 0 bridgehead atoms. The molecule has 0 aliphatic heterocycles. The number of nitrogens with one attached hydrogen (secondary N) is 1. The van der Waals surface area contributed by atoms with Gasteiger partial charge in [0.15, 0.2) is 0 Å². The molecule has 2 amide bonds. The van der Waals surface area contributed by atoms with E-state index in [0.717, 1.165) is 23.2 Å². The number of hydrogen-bond acceptors (Lipinski definition) is 3. The quantitative estimate of drug-likeness (QED) is 0.705. The van der Waals surface area contributed by atoms with E-state index >= 15 is 0 Å². The molecule has 142 valence electrons. The Labute approximate surface area is 165 Å². The third kappa shape index (κ3) is 4.62. The molecule has 1 heterocycles. The number of anilines is 1. The molecule has 5 nitrogen and oxygen atoms in total. The van der Waals surface area contributed by atoms with E-state index in [1.165, 1.54) is 12.3 Å². The van der Waals surface area contributed by atoms with Crippen molar-refractivity contribution in [1.29, 1.82) is 0 Å². The Bertz CT molecular complexity index is 970. The third-order valence-electron chi connectivity index (χ3n) is 4.50. The molecule has 3 aromatic rings. The van der Waals surface area contributed by atoms with Crippen LogP contribution in [0.1, 0.15) is 38.9 Å². The van der Waals surface area contributed by atoms with Crippen molar-refractivity contribution in [2.75, 3.05) is 12.4 Å². The van der Waals surface area contributed by atoms with Gasteiger partial charge in [-0.25, -0.2) is 0 Å². The Morgan fingerprint density at radius 1 is 1.00 bits per heavy atom. The topological polar surface area (TPSA) is 62.3 Å². The minimum Gasteiger partial charge on any atom is -0.337 e. The van der Waals surface area contributed by atoms with Crippen molar-refractivity contribution < 1.29 is 9.59 Å². The number of hydrogen-bond donors (Lipinski definition) is 1. The first kappa shape index (κ1) is 19.3. The number of carbonyl (C=O) groups excluding carboxylic acids is 2. The monoisotopic (exact) mass is 373 g/mol. The molecule has 0 unspecified atom stereocenters.